The number of Topliss-reactive ketones (excluding diaryl/α,β-unsaturated/α-hetero) is 1. The zero-order valence-corrected chi connectivity index (χ0v) is 17.6. The zero-order chi connectivity index (χ0) is 21.8. The van der Waals surface area contributed by atoms with Gasteiger partial charge in [-0.1, -0.05) is 12.1 Å². The van der Waals surface area contributed by atoms with Crippen LogP contribution in [0.3, 0.4) is 0 Å². The fourth-order valence-electron chi connectivity index (χ4n) is 3.20. The minimum absolute atomic E-state index is 0.0226. The fourth-order valence-corrected chi connectivity index (χ4v) is 3.20. The van der Waals surface area contributed by atoms with E-state index < -0.39 is 6.10 Å². The Morgan fingerprint density at radius 2 is 1.90 bits per heavy atom. The van der Waals surface area contributed by atoms with Crippen molar-refractivity contribution in [1.29, 1.82) is 0 Å². The number of para-hydroxylation sites is 2. The Bertz CT molecular complexity index is 970. The third kappa shape index (κ3) is 4.79. The second-order valence-corrected chi connectivity index (χ2v) is 7.47. The molecule has 0 saturated carbocycles. The van der Waals surface area contributed by atoms with E-state index in [1.807, 2.05) is 26.0 Å². The van der Waals surface area contributed by atoms with Crippen LogP contribution in [-0.4, -0.2) is 36.9 Å². The van der Waals surface area contributed by atoms with Crippen molar-refractivity contribution in [2.45, 2.75) is 45.8 Å². The summed E-state index contributed by atoms with van der Waals surface area (Å²) in [6, 6.07) is 12.2. The van der Waals surface area contributed by atoms with Crippen molar-refractivity contribution in [1.82, 2.24) is 0 Å². The molecule has 0 bridgehead atoms. The van der Waals surface area contributed by atoms with Gasteiger partial charge in [-0.15, -0.1) is 0 Å². The van der Waals surface area contributed by atoms with Crippen molar-refractivity contribution >= 4 is 29.0 Å². The number of nitrogens with zero attached hydrogens (tertiary/aromatic N) is 1. The number of likely N-dealkylation sites (N-methyl/N-ethyl adjacent to an activating group) is 1. The van der Waals surface area contributed by atoms with Gasteiger partial charge in [-0.2, -0.15) is 0 Å². The summed E-state index contributed by atoms with van der Waals surface area (Å²) in [4.78, 5) is 38.6. The lowest BCUT2D eigenvalue weighted by atomic mass is 10.0. The van der Waals surface area contributed by atoms with Crippen LogP contribution in [0.5, 0.6) is 11.5 Å². The van der Waals surface area contributed by atoms with Crippen molar-refractivity contribution in [3.8, 4) is 11.5 Å². The number of nitrogens with one attached hydrogen (secondary N) is 1. The Balaban J connectivity index is 1.63. The quantitative estimate of drug-likeness (QED) is 0.702. The molecule has 0 saturated heterocycles. The lowest BCUT2D eigenvalue weighted by Gasteiger charge is -2.30. The van der Waals surface area contributed by atoms with Crippen molar-refractivity contribution in [2.24, 2.45) is 0 Å². The molecule has 1 aliphatic heterocycles. The predicted octanol–water partition coefficient (Wildman–Crippen LogP) is 3.82. The molecule has 0 fully saturated rings. The Morgan fingerprint density at radius 1 is 1.17 bits per heavy atom. The van der Waals surface area contributed by atoms with Crippen LogP contribution < -0.4 is 19.7 Å². The minimum atomic E-state index is -0.560. The van der Waals surface area contributed by atoms with Crippen molar-refractivity contribution in [3.05, 3.63) is 48.0 Å². The van der Waals surface area contributed by atoms with E-state index >= 15 is 0 Å². The van der Waals surface area contributed by atoms with E-state index in [0.29, 0.717) is 28.4 Å². The lowest BCUT2D eigenvalue weighted by Crippen LogP contribution is -2.42. The van der Waals surface area contributed by atoms with Gasteiger partial charge < -0.3 is 19.7 Å². The molecule has 7 nitrogen and oxygen atoms in total. The Kier molecular flexibility index (Phi) is 6.40. The summed E-state index contributed by atoms with van der Waals surface area (Å²) in [6.07, 6.45) is -0.498. The van der Waals surface area contributed by atoms with Crippen molar-refractivity contribution in [3.63, 3.8) is 0 Å². The highest BCUT2D eigenvalue weighted by molar-refractivity contribution is 6.04. The van der Waals surface area contributed by atoms with E-state index in [1.165, 1.54) is 4.90 Å². The average Bonchev–Trinajstić information content (AvgIpc) is 2.71. The van der Waals surface area contributed by atoms with Gasteiger partial charge in [0.1, 0.15) is 11.5 Å². The number of amides is 2. The number of anilines is 2. The largest absolute Gasteiger partial charge is 0.489 e. The highest BCUT2D eigenvalue weighted by Crippen LogP contribution is 2.34. The van der Waals surface area contributed by atoms with E-state index in [4.69, 9.17) is 9.47 Å². The van der Waals surface area contributed by atoms with Crippen LogP contribution in [0, 0.1) is 0 Å². The van der Waals surface area contributed by atoms with Crippen LogP contribution in [0.25, 0.3) is 0 Å². The smallest absolute Gasteiger partial charge is 0.267 e. The first kappa shape index (κ1) is 21.4. The molecule has 2 aromatic carbocycles. The molecule has 2 amide bonds. The van der Waals surface area contributed by atoms with E-state index in [2.05, 4.69) is 5.32 Å². The molecule has 0 aliphatic carbocycles. The monoisotopic (exact) mass is 410 g/mol. The van der Waals surface area contributed by atoms with E-state index in [0.717, 1.165) is 0 Å². The molecule has 1 atom stereocenters. The number of carbonyl (C=O) groups excluding carboxylic acids is 3. The van der Waals surface area contributed by atoms with Crippen LogP contribution in [0.4, 0.5) is 11.4 Å². The summed E-state index contributed by atoms with van der Waals surface area (Å²) >= 11 is 0. The standard InChI is InChI=1S/C23H26N2O5/c1-14(2)29-20-8-6-5-7-17(20)24-22(27)12-10-19(26)16-9-11-21-18(13-16)25(4)23(28)15(3)30-21/h5-9,11,13-15H,10,12H2,1-4H3,(H,24,27). The predicted molar refractivity (Wildman–Crippen MR) is 114 cm³/mol. The fraction of sp³-hybridized carbons (Fsp3) is 0.348. The third-order valence-corrected chi connectivity index (χ3v) is 4.73. The molecular formula is C23H26N2O5. The molecule has 7 heteroatoms. The number of ether oxygens (including phenoxy) is 2. The number of rotatable bonds is 7. The lowest BCUT2D eigenvalue weighted by molar-refractivity contribution is -0.125. The SMILES string of the molecule is CC(C)Oc1ccccc1NC(=O)CCC(=O)c1ccc2c(c1)N(C)C(=O)C(C)O2. The molecule has 3 rings (SSSR count). The third-order valence-electron chi connectivity index (χ3n) is 4.73. The normalized spacial score (nSPS) is 15.4. The zero-order valence-electron chi connectivity index (χ0n) is 17.6. The van der Waals surface area contributed by atoms with Crippen LogP contribution in [0.15, 0.2) is 42.5 Å². The van der Waals surface area contributed by atoms with Crippen LogP contribution >= 0.6 is 0 Å². The summed E-state index contributed by atoms with van der Waals surface area (Å²) in [5, 5.41) is 2.80. The number of hydrogen-bond acceptors (Lipinski definition) is 5. The molecule has 158 valence electrons. The van der Waals surface area contributed by atoms with Crippen LogP contribution in [-0.2, 0) is 9.59 Å². The summed E-state index contributed by atoms with van der Waals surface area (Å²) in [5.74, 6) is 0.517. The molecule has 1 heterocycles. The first-order valence-electron chi connectivity index (χ1n) is 9.93. The maximum Gasteiger partial charge on any atom is 0.267 e. The molecule has 1 unspecified atom stereocenters. The molecule has 0 radical (unpaired) electrons. The van der Waals surface area contributed by atoms with Gasteiger partial charge in [-0.25, -0.2) is 0 Å². The second kappa shape index (κ2) is 8.98. The number of benzene rings is 2. The molecule has 0 aromatic heterocycles. The number of hydrogen-bond donors (Lipinski definition) is 1. The first-order valence-corrected chi connectivity index (χ1v) is 9.93. The molecule has 1 aliphatic rings. The Hall–Kier alpha value is -3.35. The van der Waals surface area contributed by atoms with E-state index in [9.17, 15) is 14.4 Å². The maximum absolute atomic E-state index is 12.6. The summed E-state index contributed by atoms with van der Waals surface area (Å²) < 4.78 is 11.3. The summed E-state index contributed by atoms with van der Waals surface area (Å²) in [6.45, 7) is 5.50. The van der Waals surface area contributed by atoms with Gasteiger partial charge in [-0.3, -0.25) is 14.4 Å². The summed E-state index contributed by atoms with van der Waals surface area (Å²) in [7, 11) is 1.65. The Morgan fingerprint density at radius 3 is 2.63 bits per heavy atom. The van der Waals surface area contributed by atoms with Gasteiger partial charge in [0.25, 0.3) is 5.91 Å². The van der Waals surface area contributed by atoms with Crippen LogP contribution in [0.2, 0.25) is 0 Å². The highest BCUT2D eigenvalue weighted by Gasteiger charge is 2.29. The van der Waals surface area contributed by atoms with Gasteiger partial charge in [0, 0.05) is 25.5 Å². The molecule has 30 heavy (non-hydrogen) atoms. The van der Waals surface area contributed by atoms with Gasteiger partial charge in [0.2, 0.25) is 5.91 Å². The second-order valence-electron chi connectivity index (χ2n) is 7.47. The maximum atomic E-state index is 12.6. The van der Waals surface area contributed by atoms with Gasteiger partial charge in [0.05, 0.1) is 17.5 Å². The molecule has 1 N–H and O–H groups in total. The molecule has 0 spiro atoms. The van der Waals surface area contributed by atoms with E-state index in [-0.39, 0.29) is 36.5 Å². The van der Waals surface area contributed by atoms with Gasteiger partial charge in [0.15, 0.2) is 11.9 Å². The van der Waals surface area contributed by atoms with Gasteiger partial charge in [-0.05, 0) is 51.1 Å². The topological polar surface area (TPSA) is 84.9 Å². The average molecular weight is 410 g/mol. The number of fused-ring (bicyclic) bond motifs is 1. The van der Waals surface area contributed by atoms with Crippen molar-refractivity contribution in [2.75, 3.05) is 17.3 Å². The summed E-state index contributed by atoms with van der Waals surface area (Å²) in [5.41, 5.74) is 1.56. The number of carbonyl (C=O) groups is 3. The van der Waals surface area contributed by atoms with E-state index in [1.54, 1.807) is 44.3 Å². The molecular weight excluding hydrogens is 384 g/mol. The number of ketones is 1. The van der Waals surface area contributed by atoms with Crippen LogP contribution in [0.1, 0.15) is 44.0 Å². The molecule has 2 aromatic rings. The first-order chi connectivity index (χ1) is 14.3. The van der Waals surface area contributed by atoms with Gasteiger partial charge >= 0.3 is 0 Å². The minimum Gasteiger partial charge on any atom is -0.489 e. The highest BCUT2D eigenvalue weighted by atomic mass is 16.5. The van der Waals surface area contributed by atoms with Crippen molar-refractivity contribution < 1.29 is 23.9 Å². The Labute approximate surface area is 176 Å².